The molecule has 0 unspecified atom stereocenters. The molecular formula is C17H27NO2S. The van der Waals surface area contributed by atoms with Gasteiger partial charge < -0.3 is 9.47 Å². The number of nitrogens with zero attached hydrogens (tertiary/aromatic N) is 1. The highest BCUT2D eigenvalue weighted by molar-refractivity contribution is 7.18. The van der Waals surface area contributed by atoms with E-state index in [1.54, 1.807) is 11.3 Å². The van der Waals surface area contributed by atoms with Crippen molar-refractivity contribution in [2.75, 3.05) is 13.2 Å². The van der Waals surface area contributed by atoms with E-state index in [0.29, 0.717) is 6.61 Å². The number of benzene rings is 1. The maximum atomic E-state index is 5.77. The molecule has 1 aromatic carbocycles. The molecule has 3 nitrogen and oxygen atoms in total. The first-order chi connectivity index (χ1) is 10.2. The van der Waals surface area contributed by atoms with Gasteiger partial charge in [0.1, 0.15) is 17.0 Å². The van der Waals surface area contributed by atoms with Gasteiger partial charge in [-0.05, 0) is 25.8 Å². The fourth-order valence-corrected chi connectivity index (χ4v) is 2.58. The van der Waals surface area contributed by atoms with Crippen molar-refractivity contribution >= 4 is 21.6 Å². The van der Waals surface area contributed by atoms with Crippen molar-refractivity contribution in [2.24, 2.45) is 0 Å². The topological polar surface area (TPSA) is 31.4 Å². The fraction of sp³-hybridized carbons (Fsp3) is 0.588. The van der Waals surface area contributed by atoms with Gasteiger partial charge in [-0.15, -0.1) is 11.3 Å². The highest BCUT2D eigenvalue weighted by Gasteiger charge is 2.10. The Labute approximate surface area is 132 Å². The van der Waals surface area contributed by atoms with Crippen molar-refractivity contribution in [3.63, 3.8) is 0 Å². The van der Waals surface area contributed by atoms with Crippen molar-refractivity contribution in [2.45, 2.75) is 53.9 Å². The Balaban J connectivity index is 0.000000677. The Bertz CT molecular complexity index is 537. The summed E-state index contributed by atoms with van der Waals surface area (Å²) < 4.78 is 12.6. The van der Waals surface area contributed by atoms with Crippen LogP contribution < -0.4 is 9.47 Å². The zero-order valence-corrected chi connectivity index (χ0v) is 14.7. The maximum absolute atomic E-state index is 5.77. The molecule has 1 aromatic heterocycles. The SMILES string of the molecule is CCC.CCCOc1cc(OCCC)c2nc(C)sc2c1. The van der Waals surface area contributed by atoms with E-state index in [-0.39, 0.29) is 0 Å². The minimum atomic E-state index is 0.711. The molecule has 21 heavy (non-hydrogen) atoms. The molecule has 0 N–H and O–H groups in total. The Morgan fingerprint density at radius 3 is 2.24 bits per heavy atom. The van der Waals surface area contributed by atoms with Crippen LogP contribution in [0.15, 0.2) is 12.1 Å². The Morgan fingerprint density at radius 1 is 1.00 bits per heavy atom. The van der Waals surface area contributed by atoms with Crippen LogP contribution in [0.3, 0.4) is 0 Å². The maximum Gasteiger partial charge on any atom is 0.150 e. The monoisotopic (exact) mass is 309 g/mol. The molecule has 0 radical (unpaired) electrons. The third kappa shape index (κ3) is 5.54. The van der Waals surface area contributed by atoms with E-state index in [1.807, 2.05) is 13.0 Å². The standard InChI is InChI=1S/C14H19NO2S.C3H8/c1-4-6-16-11-8-12(17-7-5-2)14-13(9-11)18-10(3)15-14;1-3-2/h8-9H,4-7H2,1-3H3;3H2,1-2H3. The highest BCUT2D eigenvalue weighted by Crippen LogP contribution is 2.34. The lowest BCUT2D eigenvalue weighted by molar-refractivity contribution is 0.304. The lowest BCUT2D eigenvalue weighted by atomic mass is 10.3. The van der Waals surface area contributed by atoms with Crippen LogP contribution in [0.4, 0.5) is 0 Å². The average Bonchev–Trinajstić information content (AvgIpc) is 2.83. The van der Waals surface area contributed by atoms with Gasteiger partial charge in [0.15, 0.2) is 0 Å². The van der Waals surface area contributed by atoms with Gasteiger partial charge in [0.2, 0.25) is 0 Å². The van der Waals surface area contributed by atoms with Crippen LogP contribution in [0.2, 0.25) is 0 Å². The Hall–Kier alpha value is -1.29. The number of aryl methyl sites for hydroxylation is 1. The van der Waals surface area contributed by atoms with Crippen LogP contribution >= 0.6 is 11.3 Å². The molecule has 1 heterocycles. The molecular weight excluding hydrogens is 282 g/mol. The molecule has 0 bridgehead atoms. The summed E-state index contributed by atoms with van der Waals surface area (Å²) in [6.07, 6.45) is 3.25. The third-order valence-corrected chi connectivity index (χ3v) is 3.39. The zero-order chi connectivity index (χ0) is 15.7. The van der Waals surface area contributed by atoms with Crippen LogP contribution in [0.1, 0.15) is 52.0 Å². The van der Waals surface area contributed by atoms with Crippen molar-refractivity contribution in [1.29, 1.82) is 0 Å². The summed E-state index contributed by atoms with van der Waals surface area (Å²) in [5.74, 6) is 1.71. The molecule has 2 aromatic rings. The van der Waals surface area contributed by atoms with E-state index in [9.17, 15) is 0 Å². The van der Waals surface area contributed by atoms with Gasteiger partial charge in [0, 0.05) is 6.07 Å². The zero-order valence-electron chi connectivity index (χ0n) is 13.9. The summed E-state index contributed by atoms with van der Waals surface area (Å²) in [7, 11) is 0. The normalized spacial score (nSPS) is 10.1. The lowest BCUT2D eigenvalue weighted by Gasteiger charge is -2.09. The molecule has 118 valence electrons. The van der Waals surface area contributed by atoms with E-state index >= 15 is 0 Å². The lowest BCUT2D eigenvalue weighted by Crippen LogP contribution is -1.98. The number of rotatable bonds is 6. The van der Waals surface area contributed by atoms with Crippen molar-refractivity contribution in [1.82, 2.24) is 4.98 Å². The molecule has 0 saturated heterocycles. The molecule has 0 aliphatic carbocycles. The van der Waals surface area contributed by atoms with Gasteiger partial charge in [0.25, 0.3) is 0 Å². The first-order valence-electron chi connectivity index (χ1n) is 7.82. The van der Waals surface area contributed by atoms with Crippen molar-refractivity contribution < 1.29 is 9.47 Å². The summed E-state index contributed by atoms with van der Waals surface area (Å²) in [4.78, 5) is 4.53. The number of aromatic nitrogens is 1. The van der Waals surface area contributed by atoms with E-state index < -0.39 is 0 Å². The number of thiazole rings is 1. The average molecular weight is 309 g/mol. The van der Waals surface area contributed by atoms with Gasteiger partial charge in [0.05, 0.1) is 22.9 Å². The van der Waals surface area contributed by atoms with E-state index in [2.05, 4.69) is 38.7 Å². The van der Waals surface area contributed by atoms with E-state index in [0.717, 1.165) is 46.2 Å². The predicted molar refractivity (Wildman–Crippen MR) is 91.9 cm³/mol. The summed E-state index contributed by atoms with van der Waals surface area (Å²) in [5, 5.41) is 1.05. The van der Waals surface area contributed by atoms with Crippen LogP contribution in [-0.4, -0.2) is 18.2 Å². The quantitative estimate of drug-likeness (QED) is 0.696. The molecule has 0 saturated carbocycles. The molecule has 4 heteroatoms. The van der Waals surface area contributed by atoms with Crippen LogP contribution in [-0.2, 0) is 0 Å². The first-order valence-corrected chi connectivity index (χ1v) is 8.64. The summed E-state index contributed by atoms with van der Waals surface area (Å²) >= 11 is 1.68. The number of hydrogen-bond donors (Lipinski definition) is 0. The van der Waals surface area contributed by atoms with Crippen LogP contribution in [0, 0.1) is 6.92 Å². The number of ether oxygens (including phenoxy) is 2. The molecule has 0 fully saturated rings. The second kappa shape index (κ2) is 9.61. The second-order valence-electron chi connectivity index (χ2n) is 4.91. The molecule has 0 spiro atoms. The molecule has 2 rings (SSSR count). The summed E-state index contributed by atoms with van der Waals surface area (Å²) in [6.45, 7) is 11.9. The van der Waals surface area contributed by atoms with E-state index in [1.165, 1.54) is 6.42 Å². The van der Waals surface area contributed by atoms with Crippen molar-refractivity contribution in [3.05, 3.63) is 17.1 Å². The van der Waals surface area contributed by atoms with Gasteiger partial charge in [-0.25, -0.2) is 4.98 Å². The second-order valence-corrected chi connectivity index (χ2v) is 6.14. The highest BCUT2D eigenvalue weighted by atomic mass is 32.1. The number of hydrogen-bond acceptors (Lipinski definition) is 4. The van der Waals surface area contributed by atoms with Gasteiger partial charge in [-0.2, -0.15) is 0 Å². The van der Waals surface area contributed by atoms with Crippen molar-refractivity contribution in [3.8, 4) is 11.5 Å². The Kier molecular flexibility index (Phi) is 8.13. The number of fused-ring (bicyclic) bond motifs is 1. The Morgan fingerprint density at radius 2 is 1.62 bits per heavy atom. The third-order valence-electron chi connectivity index (χ3n) is 2.47. The molecule has 0 aliphatic rings. The minimum Gasteiger partial charge on any atom is -0.493 e. The smallest absolute Gasteiger partial charge is 0.150 e. The largest absolute Gasteiger partial charge is 0.493 e. The van der Waals surface area contributed by atoms with Crippen LogP contribution in [0.5, 0.6) is 11.5 Å². The fourth-order valence-electron chi connectivity index (χ4n) is 1.71. The summed E-state index contributed by atoms with van der Waals surface area (Å²) in [6, 6.07) is 4.00. The van der Waals surface area contributed by atoms with Gasteiger partial charge in [-0.3, -0.25) is 0 Å². The minimum absolute atomic E-state index is 0.711. The molecule has 0 amide bonds. The van der Waals surface area contributed by atoms with Gasteiger partial charge >= 0.3 is 0 Å². The first kappa shape index (κ1) is 17.8. The predicted octanol–water partition coefficient (Wildman–Crippen LogP) is 5.60. The summed E-state index contributed by atoms with van der Waals surface area (Å²) in [5.41, 5.74) is 0.954. The van der Waals surface area contributed by atoms with Crippen LogP contribution in [0.25, 0.3) is 10.2 Å². The molecule has 0 aliphatic heterocycles. The van der Waals surface area contributed by atoms with E-state index in [4.69, 9.17) is 9.47 Å². The molecule has 0 atom stereocenters. The van der Waals surface area contributed by atoms with Gasteiger partial charge in [-0.1, -0.05) is 34.1 Å².